The number of carbonyl (C=O) groups is 1. The third-order valence-corrected chi connectivity index (χ3v) is 3.89. The third-order valence-electron chi connectivity index (χ3n) is 3.89. The van der Waals surface area contributed by atoms with Crippen LogP contribution in [-0.2, 0) is 16.1 Å². The van der Waals surface area contributed by atoms with Crippen LogP contribution in [0.2, 0.25) is 0 Å². The minimum atomic E-state index is -0.00149. The molecule has 0 radical (unpaired) electrons. The number of rotatable bonds is 7. The molecule has 21 heavy (non-hydrogen) atoms. The number of nitrogens with zero attached hydrogens (tertiary/aromatic N) is 1. The maximum Gasteiger partial charge on any atom is 0.223 e. The van der Waals surface area contributed by atoms with Crippen LogP contribution in [0.3, 0.4) is 0 Å². The van der Waals surface area contributed by atoms with Crippen molar-refractivity contribution < 1.29 is 14.6 Å². The van der Waals surface area contributed by atoms with Gasteiger partial charge < -0.3 is 14.7 Å². The third kappa shape index (κ3) is 5.48. The van der Waals surface area contributed by atoms with Crippen LogP contribution >= 0.6 is 0 Å². The van der Waals surface area contributed by atoms with Gasteiger partial charge >= 0.3 is 0 Å². The molecule has 1 heterocycles. The van der Waals surface area contributed by atoms with Crippen LogP contribution in [0.5, 0.6) is 0 Å². The van der Waals surface area contributed by atoms with Gasteiger partial charge in [0.05, 0.1) is 12.7 Å². The van der Waals surface area contributed by atoms with Crippen LogP contribution in [0.4, 0.5) is 0 Å². The topological polar surface area (TPSA) is 49.8 Å². The van der Waals surface area contributed by atoms with Gasteiger partial charge in [-0.3, -0.25) is 4.79 Å². The Bertz CT molecular complexity index is 415. The highest BCUT2D eigenvalue weighted by Gasteiger charge is 2.18. The van der Waals surface area contributed by atoms with E-state index < -0.39 is 0 Å². The smallest absolute Gasteiger partial charge is 0.223 e. The van der Waals surface area contributed by atoms with Gasteiger partial charge in [0.2, 0.25) is 5.91 Å². The van der Waals surface area contributed by atoms with Crippen molar-refractivity contribution >= 4 is 5.91 Å². The molecule has 0 aromatic heterocycles. The van der Waals surface area contributed by atoms with Crippen molar-refractivity contribution in [3.63, 3.8) is 0 Å². The summed E-state index contributed by atoms with van der Waals surface area (Å²) < 4.78 is 5.67. The molecule has 1 unspecified atom stereocenters. The highest BCUT2D eigenvalue weighted by molar-refractivity contribution is 5.76. The van der Waals surface area contributed by atoms with E-state index in [4.69, 9.17) is 9.84 Å². The lowest BCUT2D eigenvalue weighted by Crippen LogP contribution is -2.34. The van der Waals surface area contributed by atoms with Crippen molar-refractivity contribution in [2.24, 2.45) is 0 Å². The summed E-state index contributed by atoms with van der Waals surface area (Å²) in [5.74, 6) is 0.0991. The number of aliphatic hydroxyl groups excluding tert-OH is 1. The Balaban J connectivity index is 1.83. The monoisotopic (exact) mass is 291 g/mol. The standard InChI is InChI=1S/C17H25NO3/c19-12-11-18(14-15-6-2-1-3-7-15)17(20)10-9-16-8-4-5-13-21-16/h1-3,6-7,16,19H,4-5,8-14H2. The molecule has 116 valence electrons. The van der Waals surface area contributed by atoms with Gasteiger partial charge in [0, 0.05) is 26.1 Å². The number of hydrogen-bond acceptors (Lipinski definition) is 3. The van der Waals surface area contributed by atoms with Gasteiger partial charge in [-0.25, -0.2) is 0 Å². The molecule has 0 saturated carbocycles. The summed E-state index contributed by atoms with van der Waals surface area (Å²) in [6.45, 7) is 1.77. The Labute approximate surface area is 126 Å². The van der Waals surface area contributed by atoms with Crippen molar-refractivity contribution in [2.45, 2.75) is 44.8 Å². The molecule has 2 rings (SSSR count). The van der Waals surface area contributed by atoms with Crippen LogP contribution < -0.4 is 0 Å². The normalized spacial score (nSPS) is 18.4. The summed E-state index contributed by atoms with van der Waals surface area (Å²) in [6, 6.07) is 9.89. The summed E-state index contributed by atoms with van der Waals surface area (Å²) in [6.07, 6.45) is 4.91. The number of aliphatic hydroxyl groups is 1. The van der Waals surface area contributed by atoms with Gasteiger partial charge in [0.15, 0.2) is 0 Å². The quantitative estimate of drug-likeness (QED) is 0.839. The van der Waals surface area contributed by atoms with E-state index in [1.54, 1.807) is 4.90 Å². The predicted octanol–water partition coefficient (Wildman–Crippen LogP) is 2.36. The fourth-order valence-electron chi connectivity index (χ4n) is 2.69. The Morgan fingerprint density at radius 1 is 1.29 bits per heavy atom. The maximum atomic E-state index is 12.3. The first-order chi connectivity index (χ1) is 10.3. The number of ether oxygens (including phenoxy) is 1. The van der Waals surface area contributed by atoms with E-state index in [-0.39, 0.29) is 18.6 Å². The molecule has 1 aromatic carbocycles. The minimum Gasteiger partial charge on any atom is -0.395 e. The van der Waals surface area contributed by atoms with E-state index in [2.05, 4.69) is 0 Å². The average Bonchev–Trinajstić information content (AvgIpc) is 2.54. The molecule has 1 saturated heterocycles. The molecular weight excluding hydrogens is 266 g/mol. The second-order valence-electron chi connectivity index (χ2n) is 5.55. The van der Waals surface area contributed by atoms with Crippen LogP contribution in [-0.4, -0.2) is 41.8 Å². The van der Waals surface area contributed by atoms with E-state index in [1.807, 2.05) is 30.3 Å². The second-order valence-corrected chi connectivity index (χ2v) is 5.55. The Morgan fingerprint density at radius 2 is 2.10 bits per heavy atom. The molecule has 4 heteroatoms. The molecule has 1 fully saturated rings. The maximum absolute atomic E-state index is 12.3. The van der Waals surface area contributed by atoms with Crippen molar-refractivity contribution in [3.05, 3.63) is 35.9 Å². The summed E-state index contributed by atoms with van der Waals surface area (Å²) >= 11 is 0. The molecule has 0 spiro atoms. The lowest BCUT2D eigenvalue weighted by Gasteiger charge is -2.25. The summed E-state index contributed by atoms with van der Waals surface area (Å²) in [4.78, 5) is 14.1. The van der Waals surface area contributed by atoms with Gasteiger partial charge in [-0.1, -0.05) is 30.3 Å². The second kappa shape index (κ2) is 8.80. The lowest BCUT2D eigenvalue weighted by molar-refractivity contribution is -0.133. The van der Waals surface area contributed by atoms with E-state index >= 15 is 0 Å². The van der Waals surface area contributed by atoms with E-state index in [0.29, 0.717) is 19.5 Å². The zero-order valence-electron chi connectivity index (χ0n) is 12.5. The zero-order valence-corrected chi connectivity index (χ0v) is 12.5. The Kier molecular flexibility index (Phi) is 6.70. The molecule has 0 bridgehead atoms. The molecule has 1 amide bonds. The van der Waals surface area contributed by atoms with E-state index in [0.717, 1.165) is 31.4 Å². The summed E-state index contributed by atoms with van der Waals surface area (Å²) in [5.41, 5.74) is 1.09. The number of benzene rings is 1. The average molecular weight is 291 g/mol. The van der Waals surface area contributed by atoms with Gasteiger partial charge in [-0.2, -0.15) is 0 Å². The Hall–Kier alpha value is -1.39. The first-order valence-corrected chi connectivity index (χ1v) is 7.84. The minimum absolute atomic E-state index is 0.00149. The van der Waals surface area contributed by atoms with Crippen LogP contribution in [0.25, 0.3) is 0 Å². The van der Waals surface area contributed by atoms with E-state index in [1.165, 1.54) is 6.42 Å². The number of amides is 1. The first kappa shape index (κ1) is 16.0. The van der Waals surface area contributed by atoms with Crippen LogP contribution in [0.15, 0.2) is 30.3 Å². The van der Waals surface area contributed by atoms with Crippen molar-refractivity contribution in [2.75, 3.05) is 19.8 Å². The van der Waals surface area contributed by atoms with Gasteiger partial charge in [0.1, 0.15) is 0 Å². The summed E-state index contributed by atoms with van der Waals surface area (Å²) in [7, 11) is 0. The summed E-state index contributed by atoms with van der Waals surface area (Å²) in [5, 5.41) is 9.16. The Morgan fingerprint density at radius 3 is 2.76 bits per heavy atom. The fraction of sp³-hybridized carbons (Fsp3) is 0.588. The highest BCUT2D eigenvalue weighted by atomic mass is 16.5. The van der Waals surface area contributed by atoms with Gasteiger partial charge in [-0.15, -0.1) is 0 Å². The van der Waals surface area contributed by atoms with Crippen LogP contribution in [0.1, 0.15) is 37.7 Å². The molecule has 1 aromatic rings. The molecular formula is C17H25NO3. The SMILES string of the molecule is O=C(CCC1CCCCO1)N(CCO)Cc1ccccc1. The highest BCUT2D eigenvalue weighted by Crippen LogP contribution is 2.18. The number of hydrogen-bond donors (Lipinski definition) is 1. The van der Waals surface area contributed by atoms with Crippen molar-refractivity contribution in [1.82, 2.24) is 4.90 Å². The predicted molar refractivity (Wildman–Crippen MR) is 81.8 cm³/mol. The molecule has 1 N–H and O–H groups in total. The molecule has 4 nitrogen and oxygen atoms in total. The van der Waals surface area contributed by atoms with Gasteiger partial charge in [0.25, 0.3) is 0 Å². The lowest BCUT2D eigenvalue weighted by atomic mass is 10.0. The molecule has 1 atom stereocenters. The van der Waals surface area contributed by atoms with Crippen molar-refractivity contribution in [1.29, 1.82) is 0 Å². The molecule has 1 aliphatic heterocycles. The number of carbonyl (C=O) groups excluding carboxylic acids is 1. The molecule has 0 aliphatic carbocycles. The molecule has 1 aliphatic rings. The van der Waals surface area contributed by atoms with Gasteiger partial charge in [-0.05, 0) is 31.2 Å². The fourth-order valence-corrected chi connectivity index (χ4v) is 2.69. The van der Waals surface area contributed by atoms with Crippen molar-refractivity contribution in [3.8, 4) is 0 Å². The largest absolute Gasteiger partial charge is 0.395 e. The zero-order chi connectivity index (χ0) is 14.9. The van der Waals surface area contributed by atoms with Crippen LogP contribution in [0, 0.1) is 0 Å². The van der Waals surface area contributed by atoms with E-state index in [9.17, 15) is 4.79 Å². The first-order valence-electron chi connectivity index (χ1n) is 7.84.